The summed E-state index contributed by atoms with van der Waals surface area (Å²) in [5, 5.41) is 0. The van der Waals surface area contributed by atoms with E-state index in [2.05, 4.69) is 16.6 Å². The van der Waals surface area contributed by atoms with E-state index < -0.39 is 0 Å². The summed E-state index contributed by atoms with van der Waals surface area (Å²) in [7, 11) is 1.36. The first-order chi connectivity index (χ1) is 9.02. The van der Waals surface area contributed by atoms with Crippen molar-refractivity contribution in [3.63, 3.8) is 0 Å². The van der Waals surface area contributed by atoms with E-state index >= 15 is 0 Å². The summed E-state index contributed by atoms with van der Waals surface area (Å²) in [5.41, 5.74) is 8.06. The maximum atomic E-state index is 11.5. The van der Waals surface area contributed by atoms with Crippen molar-refractivity contribution in [3.8, 4) is 0 Å². The molecule has 0 amide bonds. The quantitative estimate of drug-likeness (QED) is 0.650. The van der Waals surface area contributed by atoms with E-state index in [0.29, 0.717) is 17.9 Å². The van der Waals surface area contributed by atoms with Gasteiger partial charge in [-0.25, -0.2) is 4.79 Å². The molecule has 0 bridgehead atoms. The second-order valence-electron chi connectivity index (χ2n) is 4.91. The van der Waals surface area contributed by atoms with Gasteiger partial charge < -0.3 is 20.1 Å². The lowest BCUT2D eigenvalue weighted by Crippen LogP contribution is -2.47. The summed E-state index contributed by atoms with van der Waals surface area (Å²) >= 11 is 0. The number of nitrogen functional groups attached to an aromatic ring is 1. The van der Waals surface area contributed by atoms with E-state index in [9.17, 15) is 4.79 Å². The number of benzene rings is 1. The lowest BCUT2D eigenvalue weighted by Gasteiger charge is -2.39. The number of nitrogens with two attached hydrogens (primary N) is 1. The van der Waals surface area contributed by atoms with Crippen LogP contribution < -0.4 is 10.6 Å². The number of esters is 1. The number of rotatable bonds is 2. The summed E-state index contributed by atoms with van der Waals surface area (Å²) in [4.78, 5) is 13.7. The molecule has 0 spiro atoms. The van der Waals surface area contributed by atoms with Crippen LogP contribution >= 0.6 is 0 Å². The molecule has 2 rings (SSSR count). The average molecular weight is 264 g/mol. The summed E-state index contributed by atoms with van der Waals surface area (Å²) in [6.07, 6.45) is 0.177. The Kier molecular flexibility index (Phi) is 3.95. The molecule has 5 nitrogen and oxygen atoms in total. The minimum atomic E-state index is -0.373. The molecular weight excluding hydrogens is 244 g/mol. The number of carbonyl (C=O) groups is 1. The Hall–Kier alpha value is -1.75. The number of anilines is 2. The average Bonchev–Trinajstić information content (AvgIpc) is 2.41. The first-order valence-corrected chi connectivity index (χ1v) is 6.39. The van der Waals surface area contributed by atoms with Crippen LogP contribution in [-0.2, 0) is 9.47 Å². The standard InChI is InChI=1S/C14H20N2O3/c1-9-8-19-10(2)7-16(9)13-5-4-11(6-12(13)15)14(17)18-3/h4-6,9-10H,7-8,15H2,1-3H3. The fraction of sp³-hybridized carbons (Fsp3) is 0.500. The van der Waals surface area contributed by atoms with Gasteiger partial charge in [0.1, 0.15) is 0 Å². The van der Waals surface area contributed by atoms with Crippen LogP contribution in [0.5, 0.6) is 0 Å². The highest BCUT2D eigenvalue weighted by atomic mass is 16.5. The smallest absolute Gasteiger partial charge is 0.337 e. The van der Waals surface area contributed by atoms with Gasteiger partial charge in [-0.05, 0) is 32.0 Å². The van der Waals surface area contributed by atoms with Crippen LogP contribution in [0.25, 0.3) is 0 Å². The second-order valence-corrected chi connectivity index (χ2v) is 4.91. The third-order valence-corrected chi connectivity index (χ3v) is 3.37. The van der Waals surface area contributed by atoms with E-state index in [1.54, 1.807) is 12.1 Å². The van der Waals surface area contributed by atoms with Crippen molar-refractivity contribution in [2.75, 3.05) is 30.9 Å². The molecule has 0 saturated carbocycles. The zero-order valence-electron chi connectivity index (χ0n) is 11.6. The Balaban J connectivity index is 2.27. The molecule has 104 valence electrons. The molecule has 2 N–H and O–H groups in total. The third-order valence-electron chi connectivity index (χ3n) is 3.37. The highest BCUT2D eigenvalue weighted by Gasteiger charge is 2.25. The molecule has 1 aromatic carbocycles. The lowest BCUT2D eigenvalue weighted by molar-refractivity contribution is 0.0344. The van der Waals surface area contributed by atoms with E-state index in [-0.39, 0.29) is 18.1 Å². The first kappa shape index (κ1) is 13.7. The topological polar surface area (TPSA) is 64.8 Å². The number of hydrogen-bond acceptors (Lipinski definition) is 5. The Morgan fingerprint density at radius 3 is 2.84 bits per heavy atom. The van der Waals surface area contributed by atoms with Gasteiger partial charge in [0, 0.05) is 12.6 Å². The molecule has 5 heteroatoms. The fourth-order valence-electron chi connectivity index (χ4n) is 2.30. The van der Waals surface area contributed by atoms with E-state index in [1.165, 1.54) is 7.11 Å². The third kappa shape index (κ3) is 2.81. The molecule has 1 heterocycles. The first-order valence-electron chi connectivity index (χ1n) is 6.39. The van der Waals surface area contributed by atoms with Gasteiger partial charge in [-0.3, -0.25) is 0 Å². The number of methoxy groups -OCH3 is 1. The van der Waals surface area contributed by atoms with Crippen LogP contribution in [-0.4, -0.2) is 38.4 Å². The molecule has 1 aliphatic heterocycles. The number of hydrogen-bond donors (Lipinski definition) is 1. The summed E-state index contributed by atoms with van der Waals surface area (Å²) in [5.74, 6) is -0.373. The highest BCUT2D eigenvalue weighted by molar-refractivity contribution is 5.92. The second kappa shape index (κ2) is 5.48. The van der Waals surface area contributed by atoms with Crippen molar-refractivity contribution < 1.29 is 14.3 Å². The minimum absolute atomic E-state index is 0.177. The summed E-state index contributed by atoms with van der Waals surface area (Å²) in [6.45, 7) is 5.61. The van der Waals surface area contributed by atoms with Gasteiger partial charge in [0.2, 0.25) is 0 Å². The zero-order chi connectivity index (χ0) is 14.0. The monoisotopic (exact) mass is 264 g/mol. The summed E-state index contributed by atoms with van der Waals surface area (Å²) < 4.78 is 10.3. The highest BCUT2D eigenvalue weighted by Crippen LogP contribution is 2.28. The molecule has 2 atom stereocenters. The summed E-state index contributed by atoms with van der Waals surface area (Å²) in [6, 6.07) is 5.54. The molecule has 2 unspecified atom stereocenters. The van der Waals surface area contributed by atoms with Crippen LogP contribution in [0.1, 0.15) is 24.2 Å². The van der Waals surface area contributed by atoms with Gasteiger partial charge >= 0.3 is 5.97 Å². The zero-order valence-corrected chi connectivity index (χ0v) is 11.6. The molecule has 0 radical (unpaired) electrons. The molecule has 1 fully saturated rings. The van der Waals surface area contributed by atoms with Gasteiger partial charge in [0.15, 0.2) is 0 Å². The lowest BCUT2D eigenvalue weighted by atomic mass is 10.1. The van der Waals surface area contributed by atoms with Crippen molar-refractivity contribution >= 4 is 17.3 Å². The largest absolute Gasteiger partial charge is 0.465 e. The Labute approximate surface area is 113 Å². The minimum Gasteiger partial charge on any atom is -0.465 e. The van der Waals surface area contributed by atoms with Gasteiger partial charge in [-0.15, -0.1) is 0 Å². The van der Waals surface area contributed by atoms with E-state index in [1.807, 2.05) is 13.0 Å². The molecule has 19 heavy (non-hydrogen) atoms. The van der Waals surface area contributed by atoms with Crippen LogP contribution in [0.4, 0.5) is 11.4 Å². The van der Waals surface area contributed by atoms with Crippen LogP contribution in [0.15, 0.2) is 18.2 Å². The molecule has 1 saturated heterocycles. The number of ether oxygens (including phenoxy) is 2. The molecule has 1 aromatic rings. The van der Waals surface area contributed by atoms with Crippen molar-refractivity contribution in [1.29, 1.82) is 0 Å². The van der Waals surface area contributed by atoms with Gasteiger partial charge in [-0.2, -0.15) is 0 Å². The molecular formula is C14H20N2O3. The van der Waals surface area contributed by atoms with Crippen LogP contribution in [0.3, 0.4) is 0 Å². The van der Waals surface area contributed by atoms with Crippen molar-refractivity contribution in [2.45, 2.75) is 26.0 Å². The molecule has 0 aromatic heterocycles. The fourth-order valence-corrected chi connectivity index (χ4v) is 2.30. The molecule has 0 aliphatic carbocycles. The Bertz CT molecular complexity index is 476. The van der Waals surface area contributed by atoms with Gasteiger partial charge in [0.05, 0.1) is 36.8 Å². The van der Waals surface area contributed by atoms with Crippen LogP contribution in [0.2, 0.25) is 0 Å². The normalized spacial score (nSPS) is 23.2. The Morgan fingerprint density at radius 1 is 1.47 bits per heavy atom. The van der Waals surface area contributed by atoms with Gasteiger partial charge in [-0.1, -0.05) is 0 Å². The predicted octanol–water partition coefficient (Wildman–Crippen LogP) is 1.67. The predicted molar refractivity (Wildman–Crippen MR) is 74.4 cm³/mol. The number of nitrogens with zero attached hydrogens (tertiary/aromatic N) is 1. The van der Waals surface area contributed by atoms with Crippen LogP contribution in [0, 0.1) is 0 Å². The maximum absolute atomic E-state index is 11.5. The van der Waals surface area contributed by atoms with E-state index in [0.717, 1.165) is 12.2 Å². The molecule has 1 aliphatic rings. The van der Waals surface area contributed by atoms with E-state index in [4.69, 9.17) is 10.5 Å². The van der Waals surface area contributed by atoms with Crippen molar-refractivity contribution in [2.24, 2.45) is 0 Å². The SMILES string of the molecule is COC(=O)c1ccc(N2CC(C)OCC2C)c(N)c1. The number of carbonyl (C=O) groups excluding carboxylic acids is 1. The van der Waals surface area contributed by atoms with Crippen molar-refractivity contribution in [1.82, 2.24) is 0 Å². The Morgan fingerprint density at radius 2 is 2.21 bits per heavy atom. The van der Waals surface area contributed by atoms with Gasteiger partial charge in [0.25, 0.3) is 0 Å². The van der Waals surface area contributed by atoms with Crippen molar-refractivity contribution in [3.05, 3.63) is 23.8 Å². The number of morpholine rings is 1. The maximum Gasteiger partial charge on any atom is 0.337 e.